The number of piperazine rings is 1. The topological polar surface area (TPSA) is 24.5 Å². The summed E-state index contributed by atoms with van der Waals surface area (Å²) in [4.78, 5) is 2.37. The molecule has 2 rings (SSSR count). The van der Waals surface area contributed by atoms with Crippen LogP contribution in [-0.2, 0) is 0 Å². The number of halogens is 1. The van der Waals surface area contributed by atoms with Gasteiger partial charge < -0.3 is 10.1 Å². The van der Waals surface area contributed by atoms with E-state index in [0.29, 0.717) is 5.75 Å². The number of nitrogens with one attached hydrogen (secondary N) is 1. The Morgan fingerprint density at radius 2 is 2.11 bits per heavy atom. The lowest BCUT2D eigenvalue weighted by Gasteiger charge is -2.35. The number of hydrogen-bond acceptors (Lipinski definition) is 3. The van der Waals surface area contributed by atoms with Crippen LogP contribution in [0.25, 0.3) is 0 Å². The minimum Gasteiger partial charge on any atom is -0.494 e. The molecule has 1 aromatic carbocycles. The molecule has 0 bridgehead atoms. The molecule has 1 aliphatic rings. The first-order valence-electron chi connectivity index (χ1n) is 7.05. The van der Waals surface area contributed by atoms with Gasteiger partial charge in [0.25, 0.3) is 0 Å². The molecule has 3 nitrogen and oxygen atoms in total. The maximum absolute atomic E-state index is 14.4. The van der Waals surface area contributed by atoms with Crippen molar-refractivity contribution in [3.05, 3.63) is 29.6 Å². The predicted molar refractivity (Wildman–Crippen MR) is 75.0 cm³/mol. The van der Waals surface area contributed by atoms with Crippen molar-refractivity contribution < 1.29 is 9.13 Å². The number of nitrogens with zero attached hydrogens (tertiary/aromatic N) is 1. The minimum atomic E-state index is -0.206. The number of ether oxygens (including phenoxy) is 1. The van der Waals surface area contributed by atoms with E-state index in [9.17, 15) is 4.39 Å². The van der Waals surface area contributed by atoms with E-state index in [4.69, 9.17) is 4.74 Å². The molecule has 0 aliphatic carbocycles. The zero-order valence-corrected chi connectivity index (χ0v) is 11.8. The molecule has 4 heteroatoms. The van der Waals surface area contributed by atoms with Gasteiger partial charge in [-0.15, -0.1) is 0 Å². The van der Waals surface area contributed by atoms with Crippen molar-refractivity contribution >= 4 is 0 Å². The molecule has 0 aromatic heterocycles. The molecular formula is C15H23FN2O. The summed E-state index contributed by atoms with van der Waals surface area (Å²) in [6.07, 6.45) is 2.02. The highest BCUT2D eigenvalue weighted by molar-refractivity contribution is 5.33. The quantitative estimate of drug-likeness (QED) is 0.886. The van der Waals surface area contributed by atoms with Gasteiger partial charge in [0.2, 0.25) is 0 Å². The molecule has 1 atom stereocenters. The lowest BCUT2D eigenvalue weighted by atomic mass is 9.99. The van der Waals surface area contributed by atoms with E-state index >= 15 is 0 Å². The van der Waals surface area contributed by atoms with Crippen molar-refractivity contribution in [1.29, 1.82) is 0 Å². The zero-order valence-electron chi connectivity index (χ0n) is 11.8. The highest BCUT2D eigenvalue weighted by atomic mass is 19.1. The first-order chi connectivity index (χ1) is 9.27. The lowest BCUT2D eigenvalue weighted by molar-refractivity contribution is 0.161. The summed E-state index contributed by atoms with van der Waals surface area (Å²) in [7, 11) is 1.52. The van der Waals surface area contributed by atoms with Gasteiger partial charge in [0.15, 0.2) is 11.6 Å². The van der Waals surface area contributed by atoms with Crippen LogP contribution >= 0.6 is 0 Å². The number of hydrogen-bond donors (Lipinski definition) is 1. The Labute approximate surface area is 114 Å². The molecule has 1 saturated heterocycles. The second kappa shape index (κ2) is 6.87. The fraction of sp³-hybridized carbons (Fsp3) is 0.600. The third kappa shape index (κ3) is 3.25. The van der Waals surface area contributed by atoms with Crippen molar-refractivity contribution in [3.8, 4) is 5.75 Å². The molecule has 106 valence electrons. The molecule has 0 unspecified atom stereocenters. The third-order valence-corrected chi connectivity index (χ3v) is 3.73. The van der Waals surface area contributed by atoms with E-state index < -0.39 is 0 Å². The van der Waals surface area contributed by atoms with Gasteiger partial charge in [-0.25, -0.2) is 4.39 Å². The van der Waals surface area contributed by atoms with Crippen molar-refractivity contribution in [2.75, 3.05) is 33.3 Å². The van der Waals surface area contributed by atoms with Crippen molar-refractivity contribution in [2.45, 2.75) is 25.8 Å². The van der Waals surface area contributed by atoms with Crippen LogP contribution in [0, 0.1) is 5.82 Å². The maximum atomic E-state index is 14.4. The van der Waals surface area contributed by atoms with Gasteiger partial charge >= 0.3 is 0 Å². The molecule has 1 aromatic rings. The van der Waals surface area contributed by atoms with Crippen molar-refractivity contribution in [1.82, 2.24) is 10.2 Å². The van der Waals surface area contributed by atoms with E-state index in [1.54, 1.807) is 6.07 Å². The summed E-state index contributed by atoms with van der Waals surface area (Å²) < 4.78 is 19.5. The van der Waals surface area contributed by atoms with Crippen LogP contribution in [0.2, 0.25) is 0 Å². The molecular weight excluding hydrogens is 243 g/mol. The van der Waals surface area contributed by atoms with Crippen LogP contribution in [0.4, 0.5) is 4.39 Å². The molecule has 0 saturated carbocycles. The Balaban J connectivity index is 2.27. The van der Waals surface area contributed by atoms with E-state index in [2.05, 4.69) is 17.1 Å². The SMILES string of the molecule is CCC[C@@H](c1cccc(OC)c1F)N1CCNCC1. The fourth-order valence-electron chi connectivity index (χ4n) is 2.74. The smallest absolute Gasteiger partial charge is 0.169 e. The largest absolute Gasteiger partial charge is 0.494 e. The molecule has 0 spiro atoms. The number of rotatable bonds is 5. The monoisotopic (exact) mass is 266 g/mol. The Bertz CT molecular complexity index is 405. The molecule has 1 fully saturated rings. The van der Waals surface area contributed by atoms with E-state index in [1.807, 2.05) is 12.1 Å². The zero-order chi connectivity index (χ0) is 13.7. The Hall–Kier alpha value is -1.13. The summed E-state index contributed by atoms with van der Waals surface area (Å²) >= 11 is 0. The second-order valence-electron chi connectivity index (χ2n) is 4.95. The standard InChI is InChI=1S/C15H23FN2O/c1-3-5-13(18-10-8-17-9-11-18)12-6-4-7-14(19-2)15(12)16/h4,6-7,13,17H,3,5,8-11H2,1-2H3/t13-/m0/s1. The first kappa shape index (κ1) is 14.3. The second-order valence-corrected chi connectivity index (χ2v) is 4.95. The van der Waals surface area contributed by atoms with Gasteiger partial charge in [0.1, 0.15) is 0 Å². The van der Waals surface area contributed by atoms with Gasteiger partial charge in [0.05, 0.1) is 7.11 Å². The summed E-state index contributed by atoms with van der Waals surface area (Å²) in [6.45, 7) is 6.05. The molecule has 1 N–H and O–H groups in total. The lowest BCUT2D eigenvalue weighted by Crippen LogP contribution is -2.45. The molecule has 1 aliphatic heterocycles. The average molecular weight is 266 g/mol. The van der Waals surface area contributed by atoms with Gasteiger partial charge in [-0.3, -0.25) is 4.90 Å². The fourth-order valence-corrected chi connectivity index (χ4v) is 2.74. The highest BCUT2D eigenvalue weighted by Gasteiger charge is 2.25. The van der Waals surface area contributed by atoms with E-state index in [-0.39, 0.29) is 11.9 Å². The summed E-state index contributed by atoms with van der Waals surface area (Å²) in [5.74, 6) is 0.135. The van der Waals surface area contributed by atoms with Crippen LogP contribution < -0.4 is 10.1 Å². The van der Waals surface area contributed by atoms with Gasteiger partial charge in [-0.05, 0) is 12.5 Å². The van der Waals surface area contributed by atoms with Crippen LogP contribution in [0.15, 0.2) is 18.2 Å². The Kier molecular flexibility index (Phi) is 5.16. The van der Waals surface area contributed by atoms with Crippen molar-refractivity contribution in [3.63, 3.8) is 0 Å². The maximum Gasteiger partial charge on any atom is 0.169 e. The summed E-state index contributed by atoms with van der Waals surface area (Å²) in [5, 5.41) is 3.34. The van der Waals surface area contributed by atoms with Crippen LogP contribution in [-0.4, -0.2) is 38.2 Å². The molecule has 0 amide bonds. The summed E-state index contributed by atoms with van der Waals surface area (Å²) in [5.41, 5.74) is 0.767. The first-order valence-corrected chi connectivity index (χ1v) is 7.05. The van der Waals surface area contributed by atoms with Gasteiger partial charge in [0, 0.05) is 37.8 Å². The Morgan fingerprint density at radius 1 is 1.37 bits per heavy atom. The Morgan fingerprint density at radius 3 is 2.74 bits per heavy atom. The van der Waals surface area contributed by atoms with Crippen LogP contribution in [0.5, 0.6) is 5.75 Å². The van der Waals surface area contributed by atoms with E-state index in [1.165, 1.54) is 7.11 Å². The molecule has 19 heavy (non-hydrogen) atoms. The van der Waals surface area contributed by atoms with Gasteiger partial charge in [-0.2, -0.15) is 0 Å². The minimum absolute atomic E-state index is 0.155. The predicted octanol–water partition coefficient (Wildman–Crippen LogP) is 2.58. The van der Waals surface area contributed by atoms with Gasteiger partial charge in [-0.1, -0.05) is 25.5 Å². The number of methoxy groups -OCH3 is 1. The molecule has 1 heterocycles. The number of benzene rings is 1. The third-order valence-electron chi connectivity index (χ3n) is 3.73. The molecule has 0 radical (unpaired) electrons. The summed E-state index contributed by atoms with van der Waals surface area (Å²) in [6, 6.07) is 5.60. The van der Waals surface area contributed by atoms with Crippen LogP contribution in [0.3, 0.4) is 0 Å². The van der Waals surface area contributed by atoms with E-state index in [0.717, 1.165) is 44.6 Å². The highest BCUT2D eigenvalue weighted by Crippen LogP contribution is 2.31. The normalized spacial score (nSPS) is 18.3. The van der Waals surface area contributed by atoms with Crippen LogP contribution in [0.1, 0.15) is 31.4 Å². The average Bonchev–Trinajstić information content (AvgIpc) is 2.46. The van der Waals surface area contributed by atoms with Crippen molar-refractivity contribution in [2.24, 2.45) is 0 Å².